The van der Waals surface area contributed by atoms with Gasteiger partial charge >= 0.3 is 0 Å². The quantitative estimate of drug-likeness (QED) is 0.525. The van der Waals surface area contributed by atoms with Crippen LogP contribution in [0.4, 0.5) is 5.69 Å². The highest BCUT2D eigenvalue weighted by Gasteiger charge is 2.23. The van der Waals surface area contributed by atoms with Crippen molar-refractivity contribution in [2.24, 2.45) is 0 Å². The Morgan fingerprint density at radius 2 is 2.07 bits per heavy atom. The van der Waals surface area contributed by atoms with Crippen molar-refractivity contribution in [2.75, 3.05) is 17.6 Å². The van der Waals surface area contributed by atoms with E-state index in [9.17, 15) is 13.2 Å². The largest absolute Gasteiger partial charge is 0.495 e. The maximum Gasteiger partial charge on any atom is 0.262 e. The van der Waals surface area contributed by atoms with Crippen LogP contribution < -0.4 is 14.8 Å². The number of sulfonamides is 1. The van der Waals surface area contributed by atoms with Gasteiger partial charge in [-0.2, -0.15) is 0 Å². The molecule has 4 rings (SSSR count). The van der Waals surface area contributed by atoms with Gasteiger partial charge in [-0.3, -0.25) is 9.52 Å². The minimum Gasteiger partial charge on any atom is -0.495 e. The van der Waals surface area contributed by atoms with Crippen LogP contribution in [0.15, 0.2) is 57.0 Å². The third-order valence-electron chi connectivity index (χ3n) is 4.27. The Morgan fingerprint density at radius 1 is 1.28 bits per heavy atom. The van der Waals surface area contributed by atoms with Gasteiger partial charge in [0.05, 0.1) is 23.4 Å². The zero-order valence-electron chi connectivity index (χ0n) is 15.5. The lowest BCUT2D eigenvalue weighted by Crippen LogP contribution is -2.26. The molecule has 0 bridgehead atoms. The fourth-order valence-corrected chi connectivity index (χ4v) is 4.41. The van der Waals surface area contributed by atoms with E-state index < -0.39 is 10.0 Å². The highest BCUT2D eigenvalue weighted by Crippen LogP contribution is 2.29. The highest BCUT2D eigenvalue weighted by molar-refractivity contribution is 7.99. The van der Waals surface area contributed by atoms with Crippen LogP contribution in [0.3, 0.4) is 0 Å². The van der Waals surface area contributed by atoms with Gasteiger partial charge in [0.2, 0.25) is 5.91 Å². The van der Waals surface area contributed by atoms with Gasteiger partial charge in [0.25, 0.3) is 15.2 Å². The van der Waals surface area contributed by atoms with E-state index in [2.05, 4.69) is 15.0 Å². The number of carbonyl (C=O) groups is 1. The summed E-state index contributed by atoms with van der Waals surface area (Å²) in [6, 6.07) is 11.5. The third kappa shape index (κ3) is 4.65. The Bertz CT molecular complexity index is 1160. The van der Waals surface area contributed by atoms with Crippen molar-refractivity contribution in [2.45, 2.75) is 29.0 Å². The molecular formula is C19H19N3O5S2. The van der Waals surface area contributed by atoms with Gasteiger partial charge in [-0.1, -0.05) is 23.9 Å². The summed E-state index contributed by atoms with van der Waals surface area (Å²) in [5.74, 6) is 0.551. The number of rotatable bonds is 8. The lowest BCUT2D eigenvalue weighted by molar-refractivity contribution is -0.118. The number of hydrogen-bond acceptors (Lipinski definition) is 7. The van der Waals surface area contributed by atoms with Crippen LogP contribution in [0, 0.1) is 0 Å². The number of aromatic nitrogens is 1. The molecule has 8 nitrogen and oxygen atoms in total. The van der Waals surface area contributed by atoms with E-state index in [0.29, 0.717) is 33.8 Å². The van der Waals surface area contributed by atoms with Crippen LogP contribution in [-0.2, 0) is 14.8 Å². The number of fused-ring (bicyclic) bond motifs is 1. The van der Waals surface area contributed by atoms with E-state index in [4.69, 9.17) is 9.15 Å². The monoisotopic (exact) mass is 433 g/mol. The van der Waals surface area contributed by atoms with Gasteiger partial charge in [-0.05, 0) is 43.2 Å². The first-order valence-corrected chi connectivity index (χ1v) is 11.4. The zero-order chi connectivity index (χ0) is 20.4. The average Bonchev–Trinajstić information content (AvgIpc) is 3.41. The second-order valence-electron chi connectivity index (χ2n) is 6.55. The first kappa shape index (κ1) is 19.6. The van der Waals surface area contributed by atoms with Gasteiger partial charge in [0.1, 0.15) is 11.3 Å². The molecule has 1 fully saturated rings. The van der Waals surface area contributed by atoms with Gasteiger partial charge in [0.15, 0.2) is 5.58 Å². The molecule has 2 N–H and O–H groups in total. The molecule has 1 saturated carbocycles. The molecule has 1 heterocycles. The van der Waals surface area contributed by atoms with Crippen LogP contribution >= 0.6 is 11.8 Å². The molecule has 1 amide bonds. The smallest absolute Gasteiger partial charge is 0.262 e. The van der Waals surface area contributed by atoms with Gasteiger partial charge in [-0.25, -0.2) is 13.4 Å². The summed E-state index contributed by atoms with van der Waals surface area (Å²) < 4.78 is 38.8. The van der Waals surface area contributed by atoms with Crippen LogP contribution in [0.5, 0.6) is 5.75 Å². The number of thioether (sulfide) groups is 1. The molecule has 0 atom stereocenters. The summed E-state index contributed by atoms with van der Waals surface area (Å²) in [6.45, 7) is 0. The Balaban J connectivity index is 1.50. The lowest BCUT2D eigenvalue weighted by Gasteiger charge is -2.11. The first-order valence-electron chi connectivity index (χ1n) is 8.93. The van der Waals surface area contributed by atoms with Crippen LogP contribution in [0.2, 0.25) is 0 Å². The number of benzene rings is 2. The Hall–Kier alpha value is -2.72. The van der Waals surface area contributed by atoms with E-state index in [1.165, 1.54) is 31.0 Å². The third-order valence-corrected chi connectivity index (χ3v) is 6.46. The Morgan fingerprint density at radius 3 is 2.83 bits per heavy atom. The van der Waals surface area contributed by atoms with E-state index in [1.54, 1.807) is 30.3 Å². The van der Waals surface area contributed by atoms with Gasteiger partial charge in [-0.15, -0.1) is 0 Å². The molecule has 1 aromatic heterocycles. The maximum absolute atomic E-state index is 12.8. The normalized spacial score (nSPS) is 14.0. The first-order chi connectivity index (χ1) is 13.9. The van der Waals surface area contributed by atoms with Gasteiger partial charge in [0, 0.05) is 6.04 Å². The number of nitrogens with one attached hydrogen (secondary N) is 2. The summed E-state index contributed by atoms with van der Waals surface area (Å²) in [4.78, 5) is 16.1. The Labute approximate surface area is 172 Å². The van der Waals surface area contributed by atoms with Gasteiger partial charge < -0.3 is 14.5 Å². The molecule has 29 heavy (non-hydrogen) atoms. The standard InChI is InChI=1S/C19H19N3O5S2/c1-26-16-5-3-2-4-14(16)22-29(24,25)13-8-9-17-15(10-13)21-19(27-17)28-11-18(23)20-12-6-7-12/h2-5,8-10,12,22H,6-7,11H2,1H3,(H,20,23). The van der Waals surface area contributed by atoms with E-state index in [-0.39, 0.29) is 16.6 Å². The van der Waals surface area contributed by atoms with Crippen LogP contribution in [0.25, 0.3) is 11.1 Å². The summed E-state index contributed by atoms with van der Waals surface area (Å²) in [7, 11) is -2.37. The molecule has 0 aliphatic heterocycles. The maximum atomic E-state index is 12.8. The summed E-state index contributed by atoms with van der Waals surface area (Å²) in [6.07, 6.45) is 2.05. The topological polar surface area (TPSA) is 111 Å². The van der Waals surface area contributed by atoms with Crippen molar-refractivity contribution < 1.29 is 22.4 Å². The van der Waals surface area contributed by atoms with Crippen molar-refractivity contribution in [1.82, 2.24) is 10.3 Å². The van der Waals surface area contributed by atoms with E-state index in [1.807, 2.05) is 0 Å². The lowest BCUT2D eigenvalue weighted by atomic mass is 10.3. The Kier molecular flexibility index (Phi) is 5.37. The fourth-order valence-electron chi connectivity index (χ4n) is 2.67. The average molecular weight is 434 g/mol. The molecule has 1 aliphatic rings. The summed E-state index contributed by atoms with van der Waals surface area (Å²) >= 11 is 1.17. The number of methoxy groups -OCH3 is 1. The molecular weight excluding hydrogens is 414 g/mol. The molecule has 0 unspecified atom stereocenters. The number of amides is 1. The molecule has 0 spiro atoms. The van der Waals surface area contributed by atoms with Crippen molar-refractivity contribution in [3.05, 3.63) is 42.5 Å². The number of oxazole rings is 1. The second kappa shape index (κ2) is 7.96. The zero-order valence-corrected chi connectivity index (χ0v) is 17.2. The number of carbonyl (C=O) groups excluding carboxylic acids is 1. The van der Waals surface area contributed by atoms with Crippen molar-refractivity contribution >= 4 is 44.5 Å². The minimum atomic E-state index is -3.84. The number of anilines is 1. The second-order valence-corrected chi connectivity index (χ2v) is 9.15. The molecule has 10 heteroatoms. The summed E-state index contributed by atoms with van der Waals surface area (Å²) in [5.41, 5.74) is 1.19. The van der Waals surface area contributed by atoms with E-state index >= 15 is 0 Å². The van der Waals surface area contributed by atoms with Crippen molar-refractivity contribution in [1.29, 1.82) is 0 Å². The molecule has 0 saturated heterocycles. The number of hydrogen-bond donors (Lipinski definition) is 2. The predicted molar refractivity (Wildman–Crippen MR) is 110 cm³/mol. The predicted octanol–water partition coefficient (Wildman–Crippen LogP) is 3.01. The minimum absolute atomic E-state index is 0.0484. The number of ether oxygens (including phenoxy) is 1. The van der Waals surface area contributed by atoms with Crippen molar-refractivity contribution in [3.63, 3.8) is 0 Å². The molecule has 2 aromatic carbocycles. The number of para-hydroxylation sites is 2. The number of nitrogens with zero attached hydrogens (tertiary/aromatic N) is 1. The van der Waals surface area contributed by atoms with E-state index in [0.717, 1.165) is 12.8 Å². The molecule has 1 aliphatic carbocycles. The SMILES string of the molecule is COc1ccccc1NS(=O)(=O)c1ccc2oc(SCC(=O)NC3CC3)nc2c1. The molecule has 152 valence electrons. The molecule has 3 aromatic rings. The highest BCUT2D eigenvalue weighted by atomic mass is 32.2. The fraction of sp³-hybridized carbons (Fsp3) is 0.263. The van der Waals surface area contributed by atoms with Crippen molar-refractivity contribution in [3.8, 4) is 5.75 Å². The van der Waals surface area contributed by atoms with Crippen LogP contribution in [0.1, 0.15) is 12.8 Å². The molecule has 0 radical (unpaired) electrons. The summed E-state index contributed by atoms with van der Waals surface area (Å²) in [5, 5.41) is 3.21. The van der Waals surface area contributed by atoms with Crippen LogP contribution in [-0.4, -0.2) is 38.2 Å².